The molecule has 0 saturated heterocycles. The van der Waals surface area contributed by atoms with Crippen LogP contribution in [0.1, 0.15) is 0 Å². The number of hydrogen-bond acceptors (Lipinski definition) is 7. The molecule has 1 aromatic heterocycles. The van der Waals surface area contributed by atoms with Crippen molar-refractivity contribution < 1.29 is 29.8 Å². The second-order valence-corrected chi connectivity index (χ2v) is 6.29. The Bertz CT molecular complexity index is 755. The topological polar surface area (TPSA) is 105 Å². The van der Waals surface area contributed by atoms with Gasteiger partial charge in [-0.2, -0.15) is 0 Å². The first-order chi connectivity index (χ1) is 11.5. The summed E-state index contributed by atoms with van der Waals surface area (Å²) in [6.45, 7) is 0.678. The van der Waals surface area contributed by atoms with Gasteiger partial charge in [0.15, 0.2) is 0 Å². The molecule has 1 amide bonds. The van der Waals surface area contributed by atoms with E-state index < -0.39 is 21.9 Å². The Kier molecular flexibility index (Phi) is 7.20. The van der Waals surface area contributed by atoms with Crippen LogP contribution in [0.4, 0.5) is 11.5 Å². The second kappa shape index (κ2) is 9.14. The predicted octanol–water partition coefficient (Wildman–Crippen LogP) is -2.56. The summed E-state index contributed by atoms with van der Waals surface area (Å²) < 4.78 is 14.0. The summed E-state index contributed by atoms with van der Waals surface area (Å²) in [6, 6.07) is 3.52. The van der Waals surface area contributed by atoms with Gasteiger partial charge in [-0.05, 0) is 0 Å². The SMILES string of the molecule is CN(C)C/C=C/C(=O)Nc1cc2c([NH][Al])ncnc2cc1O[I-]N. The van der Waals surface area contributed by atoms with Gasteiger partial charge < -0.3 is 0 Å². The van der Waals surface area contributed by atoms with Gasteiger partial charge in [-0.1, -0.05) is 0 Å². The number of rotatable bonds is 7. The zero-order valence-corrected chi connectivity index (χ0v) is 16.6. The first-order valence-corrected chi connectivity index (χ1v) is 9.63. The monoisotopic (exact) mass is 455 g/mol. The molecule has 24 heavy (non-hydrogen) atoms. The summed E-state index contributed by atoms with van der Waals surface area (Å²) in [7, 11) is 3.86. The van der Waals surface area contributed by atoms with Gasteiger partial charge >= 0.3 is 160 Å². The summed E-state index contributed by atoms with van der Waals surface area (Å²) in [5.41, 5.74) is 1.23. The normalized spacial score (nSPS) is 11.3. The van der Waals surface area contributed by atoms with Gasteiger partial charge in [0.1, 0.15) is 0 Å². The number of halogens is 1. The summed E-state index contributed by atoms with van der Waals surface area (Å²) >= 11 is 1.45. The molecule has 0 atom stereocenters. The van der Waals surface area contributed by atoms with E-state index in [0.29, 0.717) is 29.3 Å². The molecule has 2 rings (SSSR count). The predicted molar refractivity (Wildman–Crippen MR) is 90.1 cm³/mol. The molecular weight excluding hydrogens is 438 g/mol. The maximum atomic E-state index is 12.1. The van der Waals surface area contributed by atoms with Gasteiger partial charge in [-0.25, -0.2) is 0 Å². The van der Waals surface area contributed by atoms with Crippen LogP contribution in [0.15, 0.2) is 30.6 Å². The molecule has 0 unspecified atom stereocenters. The second-order valence-electron chi connectivity index (χ2n) is 5.05. The van der Waals surface area contributed by atoms with Gasteiger partial charge in [-0.15, -0.1) is 0 Å². The van der Waals surface area contributed by atoms with Crippen molar-refractivity contribution in [3.8, 4) is 5.75 Å². The molecule has 0 aliphatic heterocycles. The third kappa shape index (κ3) is 5.02. The van der Waals surface area contributed by atoms with Gasteiger partial charge in [0.05, 0.1) is 0 Å². The van der Waals surface area contributed by atoms with Crippen LogP contribution in [0, 0.1) is 0 Å². The van der Waals surface area contributed by atoms with Crippen LogP contribution in [-0.4, -0.2) is 57.9 Å². The van der Waals surface area contributed by atoms with Crippen molar-refractivity contribution in [2.45, 2.75) is 0 Å². The first kappa shape index (κ1) is 18.9. The van der Waals surface area contributed by atoms with Crippen molar-refractivity contribution in [3.05, 3.63) is 30.6 Å². The van der Waals surface area contributed by atoms with Crippen LogP contribution in [0.5, 0.6) is 5.75 Å². The van der Waals surface area contributed by atoms with Gasteiger partial charge in [0.2, 0.25) is 0 Å². The molecule has 4 N–H and O–H groups in total. The van der Waals surface area contributed by atoms with E-state index in [1.54, 1.807) is 18.2 Å². The van der Waals surface area contributed by atoms with Crippen molar-refractivity contribution in [1.82, 2.24) is 14.9 Å². The number of likely N-dealkylation sites (N-methyl/N-ethyl adjacent to an activating group) is 1. The number of nitrogens with two attached hydrogens (primary N) is 1. The number of amides is 1. The van der Waals surface area contributed by atoms with Crippen molar-refractivity contribution >= 4 is 44.8 Å². The maximum absolute atomic E-state index is 12.1. The molecule has 0 aliphatic carbocycles. The Labute approximate surface area is 159 Å². The molecule has 0 saturated carbocycles. The average molecular weight is 455 g/mol. The fourth-order valence-corrected chi connectivity index (χ4v) is 2.82. The van der Waals surface area contributed by atoms with Crippen molar-refractivity contribution in [2.75, 3.05) is 30.3 Å². The standard InChI is InChI=1S/C14H18IN6O2.Al/c1-21(2)5-3-4-13(22)20-11-6-9-10(7-12(11)23-15-17)18-8-19-14(9)16;/h3-4,6-8H,5,17H2,1-2H3,(H3,16,18,19,20,22);/q-1;+1/p-1/b4-3+;. The van der Waals surface area contributed by atoms with Crippen molar-refractivity contribution in [2.24, 2.45) is 3.95 Å². The first-order valence-electron chi connectivity index (χ1n) is 6.93. The number of hydrogen-bond donors (Lipinski definition) is 3. The molecule has 0 bridgehead atoms. The molecule has 2 aromatic rings. The van der Waals surface area contributed by atoms with Crippen LogP contribution < -0.4 is 38.5 Å². The molecule has 0 aliphatic rings. The molecule has 10 heteroatoms. The van der Waals surface area contributed by atoms with Gasteiger partial charge in [-0.3, -0.25) is 0 Å². The Morgan fingerprint density at radius 2 is 2.25 bits per heavy atom. The Morgan fingerprint density at radius 1 is 1.46 bits per heavy atom. The Hall–Kier alpha value is -1.45. The van der Waals surface area contributed by atoms with Gasteiger partial charge in [0.25, 0.3) is 0 Å². The van der Waals surface area contributed by atoms with E-state index in [1.165, 1.54) is 12.4 Å². The summed E-state index contributed by atoms with van der Waals surface area (Å²) in [6.07, 6.45) is 4.73. The molecule has 126 valence electrons. The summed E-state index contributed by atoms with van der Waals surface area (Å²) in [5.74, 6) is 0.895. The zero-order chi connectivity index (χ0) is 17.5. The van der Waals surface area contributed by atoms with Crippen molar-refractivity contribution in [1.29, 1.82) is 0 Å². The van der Waals surface area contributed by atoms with Crippen LogP contribution in [0.2, 0.25) is 0 Å². The fraction of sp³-hybridized carbons (Fsp3) is 0.214. The number of benzene rings is 1. The average Bonchev–Trinajstić information content (AvgIpc) is 2.54. The van der Waals surface area contributed by atoms with E-state index in [-0.39, 0.29) is 5.91 Å². The number of carbonyl (C=O) groups is 1. The minimum absolute atomic E-state index is 0.242. The van der Waals surface area contributed by atoms with Crippen LogP contribution in [-0.2, 0) is 4.79 Å². The zero-order valence-electron chi connectivity index (χ0n) is 13.3. The van der Waals surface area contributed by atoms with Crippen LogP contribution >= 0.6 is 0 Å². The molecule has 0 spiro atoms. The minimum atomic E-state index is -0.942. The van der Waals surface area contributed by atoms with Crippen LogP contribution in [0.3, 0.4) is 0 Å². The summed E-state index contributed by atoms with van der Waals surface area (Å²) in [4.78, 5) is 22.4. The number of aromatic nitrogens is 2. The summed E-state index contributed by atoms with van der Waals surface area (Å²) in [5, 5.41) is 3.58. The molecule has 1 aromatic carbocycles. The van der Waals surface area contributed by atoms with E-state index in [2.05, 4.69) is 36.1 Å². The molecule has 2 radical (unpaired) electrons. The molecule has 8 nitrogen and oxygen atoms in total. The van der Waals surface area contributed by atoms with E-state index in [9.17, 15) is 4.79 Å². The number of nitrogens with zero attached hydrogens (tertiary/aromatic N) is 3. The Morgan fingerprint density at radius 3 is 2.92 bits per heavy atom. The number of fused-ring (bicyclic) bond motifs is 1. The van der Waals surface area contributed by atoms with E-state index >= 15 is 0 Å². The third-order valence-electron chi connectivity index (χ3n) is 3.00. The molecule has 1 heterocycles. The Balaban J connectivity index is 2.34. The molecule has 0 fully saturated rings. The third-order valence-corrected chi connectivity index (χ3v) is 4.00. The number of anilines is 2. The van der Waals surface area contributed by atoms with E-state index in [1.807, 2.05) is 19.0 Å². The fourth-order valence-electron chi connectivity index (χ4n) is 1.95. The van der Waals surface area contributed by atoms with E-state index in [4.69, 9.17) is 7.01 Å². The number of carbonyl (C=O) groups excluding carboxylic acids is 1. The van der Waals surface area contributed by atoms with Crippen LogP contribution in [0.25, 0.3) is 10.9 Å². The van der Waals surface area contributed by atoms with Crippen molar-refractivity contribution in [3.63, 3.8) is 0 Å². The molecular formula is C14H17AlIN6O2-. The van der Waals surface area contributed by atoms with E-state index in [0.717, 1.165) is 5.39 Å². The number of nitrogens with one attached hydrogen (secondary N) is 2. The quantitative estimate of drug-likeness (QED) is 0.183. The van der Waals surface area contributed by atoms with Gasteiger partial charge in [0, 0.05) is 0 Å².